The minimum Gasteiger partial charge on any atom is -0.480 e. The summed E-state index contributed by atoms with van der Waals surface area (Å²) in [5.74, 6) is -1.03. The van der Waals surface area contributed by atoms with E-state index in [0.717, 1.165) is 19.3 Å². The third kappa shape index (κ3) is 6.27. The van der Waals surface area contributed by atoms with Gasteiger partial charge in [0, 0.05) is 12.6 Å². The van der Waals surface area contributed by atoms with Crippen LogP contribution in [0.25, 0.3) is 0 Å². The Bertz CT molecular complexity index is 305. The van der Waals surface area contributed by atoms with Gasteiger partial charge in [0.25, 0.3) is 0 Å². The van der Waals surface area contributed by atoms with Crippen molar-refractivity contribution in [2.24, 2.45) is 0 Å². The summed E-state index contributed by atoms with van der Waals surface area (Å²) in [6.45, 7) is 10.2. The summed E-state index contributed by atoms with van der Waals surface area (Å²) >= 11 is 0. The average molecular weight is 270 g/mol. The van der Waals surface area contributed by atoms with Crippen molar-refractivity contribution in [2.75, 3.05) is 6.54 Å². The number of carboxylic acids is 1. The van der Waals surface area contributed by atoms with Crippen LogP contribution < -0.4 is 5.32 Å². The van der Waals surface area contributed by atoms with Crippen LogP contribution in [0, 0.1) is 0 Å². The molecule has 110 valence electrons. The maximum absolute atomic E-state index is 12.2. The van der Waals surface area contributed by atoms with Crippen LogP contribution in [0.4, 0.5) is 4.79 Å². The fourth-order valence-electron chi connectivity index (χ4n) is 1.69. The van der Waals surface area contributed by atoms with Crippen molar-refractivity contribution in [3.63, 3.8) is 0 Å². The average Bonchev–Trinajstić information content (AvgIpc) is 2.38. The summed E-state index contributed by atoms with van der Waals surface area (Å²) < 4.78 is 0. The van der Waals surface area contributed by atoms with Crippen LogP contribution in [0.15, 0.2) is 12.7 Å². The molecular weight excluding hydrogens is 244 g/mol. The Morgan fingerprint density at radius 2 is 2.05 bits per heavy atom. The van der Waals surface area contributed by atoms with Gasteiger partial charge in [-0.25, -0.2) is 9.59 Å². The lowest BCUT2D eigenvalue weighted by Crippen LogP contribution is -2.50. The molecule has 0 rings (SSSR count). The zero-order valence-electron chi connectivity index (χ0n) is 12.2. The second kappa shape index (κ2) is 9.42. The number of urea groups is 1. The molecule has 0 fully saturated rings. The molecule has 0 saturated heterocycles. The van der Waals surface area contributed by atoms with Gasteiger partial charge < -0.3 is 15.3 Å². The molecule has 0 aromatic heterocycles. The highest BCUT2D eigenvalue weighted by Crippen LogP contribution is 2.07. The van der Waals surface area contributed by atoms with E-state index in [1.54, 1.807) is 4.90 Å². The predicted octanol–water partition coefficient (Wildman–Crippen LogP) is 2.63. The predicted molar refractivity (Wildman–Crippen MR) is 76.1 cm³/mol. The zero-order chi connectivity index (χ0) is 14.8. The Morgan fingerprint density at radius 1 is 1.42 bits per heavy atom. The monoisotopic (exact) mass is 270 g/mol. The van der Waals surface area contributed by atoms with E-state index in [4.69, 9.17) is 5.11 Å². The van der Waals surface area contributed by atoms with Crippen LogP contribution in [0.1, 0.15) is 46.5 Å². The standard InChI is InChI=1S/C14H26N2O3/c1-5-8-10-16(11(4)7-3)14(19)15-12(9-6-2)13(17)18/h6,11-12H,2,5,7-10H2,1,3-4H3,(H,15,19)(H,17,18). The summed E-state index contributed by atoms with van der Waals surface area (Å²) in [5.41, 5.74) is 0. The normalized spacial score (nSPS) is 13.4. The molecule has 0 heterocycles. The van der Waals surface area contributed by atoms with Crippen LogP contribution in [0.2, 0.25) is 0 Å². The van der Waals surface area contributed by atoms with Gasteiger partial charge in [-0.1, -0.05) is 26.3 Å². The third-order valence-corrected chi connectivity index (χ3v) is 3.13. The van der Waals surface area contributed by atoms with Crippen LogP contribution in [0.3, 0.4) is 0 Å². The molecule has 0 aliphatic rings. The van der Waals surface area contributed by atoms with Gasteiger partial charge in [-0.15, -0.1) is 6.58 Å². The number of rotatable bonds is 9. The van der Waals surface area contributed by atoms with Crippen molar-refractivity contribution in [2.45, 2.75) is 58.5 Å². The zero-order valence-corrected chi connectivity index (χ0v) is 12.2. The van der Waals surface area contributed by atoms with E-state index in [1.165, 1.54) is 6.08 Å². The van der Waals surface area contributed by atoms with Crippen molar-refractivity contribution in [1.29, 1.82) is 0 Å². The van der Waals surface area contributed by atoms with E-state index >= 15 is 0 Å². The van der Waals surface area contributed by atoms with Crippen molar-refractivity contribution in [3.8, 4) is 0 Å². The van der Waals surface area contributed by atoms with Gasteiger partial charge in [0.1, 0.15) is 6.04 Å². The highest BCUT2D eigenvalue weighted by atomic mass is 16.4. The first-order chi connectivity index (χ1) is 8.97. The molecule has 5 nitrogen and oxygen atoms in total. The Labute approximate surface area is 115 Å². The summed E-state index contributed by atoms with van der Waals surface area (Å²) in [4.78, 5) is 24.9. The fraction of sp³-hybridized carbons (Fsp3) is 0.714. The number of carbonyl (C=O) groups is 2. The lowest BCUT2D eigenvalue weighted by atomic mass is 10.2. The second-order valence-corrected chi connectivity index (χ2v) is 4.67. The molecule has 5 heteroatoms. The van der Waals surface area contributed by atoms with E-state index < -0.39 is 12.0 Å². The van der Waals surface area contributed by atoms with Gasteiger partial charge in [0.05, 0.1) is 0 Å². The Kier molecular flexibility index (Phi) is 8.66. The minimum absolute atomic E-state index is 0.102. The SMILES string of the molecule is C=CCC(NC(=O)N(CCCC)C(C)CC)C(=O)O. The maximum Gasteiger partial charge on any atom is 0.326 e. The number of aliphatic carboxylic acids is 1. The Hall–Kier alpha value is -1.52. The number of hydrogen-bond acceptors (Lipinski definition) is 2. The number of nitrogens with zero attached hydrogens (tertiary/aromatic N) is 1. The molecule has 0 spiro atoms. The first kappa shape index (κ1) is 17.5. The van der Waals surface area contributed by atoms with Gasteiger partial charge in [-0.05, 0) is 26.2 Å². The van der Waals surface area contributed by atoms with Gasteiger partial charge >= 0.3 is 12.0 Å². The van der Waals surface area contributed by atoms with Crippen molar-refractivity contribution >= 4 is 12.0 Å². The van der Waals surface area contributed by atoms with E-state index in [-0.39, 0.29) is 18.5 Å². The van der Waals surface area contributed by atoms with E-state index in [9.17, 15) is 9.59 Å². The molecule has 0 radical (unpaired) electrons. The lowest BCUT2D eigenvalue weighted by Gasteiger charge is -2.30. The highest BCUT2D eigenvalue weighted by molar-refractivity contribution is 5.82. The van der Waals surface area contributed by atoms with Gasteiger partial charge in [-0.2, -0.15) is 0 Å². The molecule has 0 aromatic carbocycles. The molecule has 2 N–H and O–H groups in total. The number of amides is 2. The number of carboxylic acid groups (broad SMARTS) is 1. The maximum atomic E-state index is 12.2. The second-order valence-electron chi connectivity index (χ2n) is 4.67. The molecule has 0 aliphatic carbocycles. The summed E-state index contributed by atoms with van der Waals surface area (Å²) in [5, 5.41) is 11.6. The molecular formula is C14H26N2O3. The number of hydrogen-bond donors (Lipinski definition) is 2. The summed E-state index contributed by atoms with van der Waals surface area (Å²) in [6, 6.07) is -1.11. The number of carbonyl (C=O) groups excluding carboxylic acids is 1. The van der Waals surface area contributed by atoms with E-state index in [2.05, 4.69) is 18.8 Å². The molecule has 2 atom stereocenters. The Balaban J connectivity index is 4.68. The lowest BCUT2D eigenvalue weighted by molar-refractivity contribution is -0.139. The summed E-state index contributed by atoms with van der Waals surface area (Å²) in [6.07, 6.45) is 4.48. The van der Waals surface area contributed by atoms with E-state index in [0.29, 0.717) is 6.54 Å². The summed E-state index contributed by atoms with van der Waals surface area (Å²) in [7, 11) is 0. The molecule has 2 unspecified atom stereocenters. The molecule has 19 heavy (non-hydrogen) atoms. The molecule has 2 amide bonds. The smallest absolute Gasteiger partial charge is 0.326 e. The molecule has 0 bridgehead atoms. The fourth-order valence-corrected chi connectivity index (χ4v) is 1.69. The molecule has 0 saturated carbocycles. The number of unbranched alkanes of at least 4 members (excludes halogenated alkanes) is 1. The minimum atomic E-state index is -1.03. The van der Waals surface area contributed by atoms with Crippen molar-refractivity contribution in [1.82, 2.24) is 10.2 Å². The van der Waals surface area contributed by atoms with E-state index in [1.807, 2.05) is 13.8 Å². The molecule has 0 aromatic rings. The third-order valence-electron chi connectivity index (χ3n) is 3.13. The van der Waals surface area contributed by atoms with Crippen LogP contribution in [-0.4, -0.2) is 40.6 Å². The topological polar surface area (TPSA) is 69.6 Å². The van der Waals surface area contributed by atoms with Gasteiger partial charge in [0.15, 0.2) is 0 Å². The highest BCUT2D eigenvalue weighted by Gasteiger charge is 2.24. The van der Waals surface area contributed by atoms with Crippen LogP contribution in [0.5, 0.6) is 0 Å². The van der Waals surface area contributed by atoms with Gasteiger partial charge in [0.2, 0.25) is 0 Å². The van der Waals surface area contributed by atoms with Crippen molar-refractivity contribution < 1.29 is 14.7 Å². The van der Waals surface area contributed by atoms with Crippen LogP contribution in [-0.2, 0) is 4.79 Å². The largest absolute Gasteiger partial charge is 0.480 e. The first-order valence-electron chi connectivity index (χ1n) is 6.88. The Morgan fingerprint density at radius 3 is 2.47 bits per heavy atom. The van der Waals surface area contributed by atoms with Gasteiger partial charge in [-0.3, -0.25) is 0 Å². The van der Waals surface area contributed by atoms with Crippen LogP contribution >= 0.6 is 0 Å². The quantitative estimate of drug-likeness (QED) is 0.633. The van der Waals surface area contributed by atoms with Crippen molar-refractivity contribution in [3.05, 3.63) is 12.7 Å². The molecule has 0 aliphatic heterocycles. The first-order valence-corrected chi connectivity index (χ1v) is 6.88. The number of nitrogens with one attached hydrogen (secondary N) is 1.